The summed E-state index contributed by atoms with van der Waals surface area (Å²) < 4.78 is 10.3. The Morgan fingerprint density at radius 3 is 1.36 bits per heavy atom. The molecule has 0 aromatic heterocycles. The van der Waals surface area contributed by atoms with Gasteiger partial charge in [0.1, 0.15) is 0 Å². The second-order valence-electron chi connectivity index (χ2n) is 9.95. The number of ether oxygens (including phenoxy) is 2. The molecule has 2 heterocycles. The molecule has 9 nitrogen and oxygen atoms in total. The lowest BCUT2D eigenvalue weighted by atomic mass is 9.96. The van der Waals surface area contributed by atoms with Gasteiger partial charge in [0.2, 0.25) is 0 Å². The third-order valence-corrected chi connectivity index (χ3v) is 7.26. The van der Waals surface area contributed by atoms with Crippen molar-refractivity contribution in [3.8, 4) is 0 Å². The Morgan fingerprint density at radius 1 is 0.548 bits per heavy atom. The van der Waals surface area contributed by atoms with Crippen LogP contribution in [0.5, 0.6) is 0 Å². The van der Waals surface area contributed by atoms with E-state index in [0.717, 1.165) is 20.9 Å². The number of carbonyl (C=O) groups is 5. The first kappa shape index (κ1) is 26.9. The van der Waals surface area contributed by atoms with E-state index in [9.17, 15) is 24.0 Å². The predicted octanol–water partition coefficient (Wildman–Crippen LogP) is 4.81. The van der Waals surface area contributed by atoms with Gasteiger partial charge < -0.3 is 9.47 Å². The molecule has 4 aromatic carbocycles. The van der Waals surface area contributed by atoms with Crippen molar-refractivity contribution in [3.05, 3.63) is 129 Å². The smallest absolute Gasteiger partial charge is 0.266 e. The number of methoxy groups -OCH3 is 2. The summed E-state index contributed by atoms with van der Waals surface area (Å²) in [7, 11) is 3.11. The molecule has 2 aliphatic rings. The van der Waals surface area contributed by atoms with E-state index in [1.54, 1.807) is 50.6 Å². The highest BCUT2D eigenvalue weighted by molar-refractivity contribution is 6.36. The first-order chi connectivity index (χ1) is 20.3. The molecule has 0 radical (unpaired) electrons. The zero-order chi connectivity index (χ0) is 29.5. The van der Waals surface area contributed by atoms with Crippen molar-refractivity contribution in [3.63, 3.8) is 0 Å². The van der Waals surface area contributed by atoms with E-state index in [2.05, 4.69) is 0 Å². The molecule has 0 aliphatic carbocycles. The van der Waals surface area contributed by atoms with Crippen molar-refractivity contribution in [1.82, 2.24) is 0 Å². The number of rotatable bonds is 8. The molecule has 0 unspecified atom stereocenters. The molecule has 2 aliphatic heterocycles. The first-order valence-electron chi connectivity index (χ1n) is 13.1. The van der Waals surface area contributed by atoms with E-state index >= 15 is 0 Å². The number of benzene rings is 4. The molecule has 4 amide bonds. The van der Waals surface area contributed by atoms with Gasteiger partial charge in [0.15, 0.2) is 5.78 Å². The highest BCUT2D eigenvalue weighted by atomic mass is 16.5. The Morgan fingerprint density at radius 2 is 0.952 bits per heavy atom. The molecule has 0 atom stereocenters. The van der Waals surface area contributed by atoms with Gasteiger partial charge in [0, 0.05) is 25.3 Å². The van der Waals surface area contributed by atoms with Gasteiger partial charge >= 0.3 is 0 Å². The summed E-state index contributed by atoms with van der Waals surface area (Å²) in [4.78, 5) is 68.6. The zero-order valence-electron chi connectivity index (χ0n) is 22.7. The van der Waals surface area contributed by atoms with Crippen molar-refractivity contribution in [2.24, 2.45) is 0 Å². The van der Waals surface area contributed by atoms with Gasteiger partial charge in [-0.3, -0.25) is 24.0 Å². The lowest BCUT2D eigenvalue weighted by Gasteiger charge is -2.14. The SMILES string of the molecule is COCc1cccc(N2C(=O)c3ccc(C(=O)c4ccc5c(c4)C(=O)N(c4cccc(COC)c4)C5=O)cc3C2=O)c1. The number of ketones is 1. The number of carbonyl (C=O) groups excluding carboxylic acids is 5. The molecule has 0 bridgehead atoms. The van der Waals surface area contributed by atoms with Crippen LogP contribution in [0.25, 0.3) is 0 Å². The maximum atomic E-state index is 13.5. The van der Waals surface area contributed by atoms with E-state index in [1.165, 1.54) is 36.4 Å². The number of anilines is 2. The highest BCUT2D eigenvalue weighted by Gasteiger charge is 2.39. The highest BCUT2D eigenvalue weighted by Crippen LogP contribution is 2.32. The second-order valence-corrected chi connectivity index (χ2v) is 9.95. The summed E-state index contributed by atoms with van der Waals surface area (Å²) in [6.07, 6.45) is 0. The minimum Gasteiger partial charge on any atom is -0.380 e. The van der Waals surface area contributed by atoms with Crippen LogP contribution < -0.4 is 9.80 Å². The fourth-order valence-electron chi connectivity index (χ4n) is 5.30. The largest absolute Gasteiger partial charge is 0.380 e. The molecular weight excluding hydrogens is 536 g/mol. The second kappa shape index (κ2) is 10.6. The lowest BCUT2D eigenvalue weighted by Crippen LogP contribution is -2.29. The number of amides is 4. The van der Waals surface area contributed by atoms with Crippen LogP contribution in [-0.4, -0.2) is 43.6 Å². The van der Waals surface area contributed by atoms with Gasteiger partial charge in [0.05, 0.1) is 46.8 Å². The van der Waals surface area contributed by atoms with Crippen LogP contribution in [-0.2, 0) is 22.7 Å². The van der Waals surface area contributed by atoms with Gasteiger partial charge in [-0.15, -0.1) is 0 Å². The van der Waals surface area contributed by atoms with E-state index in [0.29, 0.717) is 24.6 Å². The molecular formula is C33H24N2O7. The minimum absolute atomic E-state index is 0.109. The van der Waals surface area contributed by atoms with Gasteiger partial charge in [-0.1, -0.05) is 36.4 Å². The average molecular weight is 561 g/mol. The average Bonchev–Trinajstić information content (AvgIpc) is 3.40. The first-order valence-corrected chi connectivity index (χ1v) is 13.1. The van der Waals surface area contributed by atoms with E-state index in [4.69, 9.17) is 9.47 Å². The van der Waals surface area contributed by atoms with Crippen molar-refractivity contribution in [1.29, 1.82) is 0 Å². The number of imide groups is 2. The van der Waals surface area contributed by atoms with Gasteiger partial charge in [-0.25, -0.2) is 9.80 Å². The maximum Gasteiger partial charge on any atom is 0.266 e. The van der Waals surface area contributed by atoms with Crippen molar-refractivity contribution in [2.75, 3.05) is 24.0 Å². The van der Waals surface area contributed by atoms with Crippen LogP contribution in [0.2, 0.25) is 0 Å². The Kier molecular flexibility index (Phi) is 6.82. The molecule has 0 N–H and O–H groups in total. The van der Waals surface area contributed by atoms with Gasteiger partial charge in [-0.05, 0) is 59.7 Å². The van der Waals surface area contributed by atoms with Gasteiger partial charge in [-0.2, -0.15) is 0 Å². The summed E-state index contributed by atoms with van der Waals surface area (Å²) in [5.41, 5.74) is 3.35. The van der Waals surface area contributed by atoms with Crippen LogP contribution in [0.1, 0.15) is 68.5 Å². The molecule has 6 rings (SSSR count). The van der Waals surface area contributed by atoms with Crippen LogP contribution in [0, 0.1) is 0 Å². The fraction of sp³-hybridized carbons (Fsp3) is 0.121. The monoisotopic (exact) mass is 560 g/mol. The molecule has 4 aromatic rings. The summed E-state index contributed by atoms with van der Waals surface area (Å²) in [6, 6.07) is 22.5. The third-order valence-electron chi connectivity index (χ3n) is 7.26. The van der Waals surface area contributed by atoms with E-state index in [-0.39, 0.29) is 33.4 Å². The van der Waals surface area contributed by atoms with Crippen LogP contribution in [0.3, 0.4) is 0 Å². The number of nitrogens with zero attached hydrogens (tertiary/aromatic N) is 2. The Labute approximate surface area is 240 Å². The Balaban J connectivity index is 1.28. The van der Waals surface area contributed by atoms with Gasteiger partial charge in [0.25, 0.3) is 23.6 Å². The molecule has 42 heavy (non-hydrogen) atoms. The Hall–Kier alpha value is -5.25. The standard InChI is InChI=1S/C33H24N2O7/c1-41-17-19-5-3-7-23(13-19)34-30(37)25-11-9-21(15-27(25)32(34)39)29(36)22-10-12-26-28(16-22)33(40)35(31(26)38)24-8-4-6-20(14-24)18-42-2/h3-16H,17-18H2,1-2H3. The number of fused-ring (bicyclic) bond motifs is 2. The Bertz CT molecular complexity index is 1700. The molecule has 0 spiro atoms. The third kappa shape index (κ3) is 4.41. The van der Waals surface area contributed by atoms with Crippen LogP contribution in [0.4, 0.5) is 11.4 Å². The summed E-state index contributed by atoms with van der Waals surface area (Å²) in [5, 5.41) is 0. The van der Waals surface area contributed by atoms with E-state index in [1.807, 2.05) is 12.1 Å². The van der Waals surface area contributed by atoms with Crippen LogP contribution >= 0.6 is 0 Å². The van der Waals surface area contributed by atoms with Crippen molar-refractivity contribution >= 4 is 40.8 Å². The van der Waals surface area contributed by atoms with E-state index < -0.39 is 29.4 Å². The molecule has 0 fully saturated rings. The number of hydrogen-bond acceptors (Lipinski definition) is 7. The fourth-order valence-corrected chi connectivity index (χ4v) is 5.30. The normalized spacial score (nSPS) is 14.0. The van der Waals surface area contributed by atoms with Crippen molar-refractivity contribution in [2.45, 2.75) is 13.2 Å². The summed E-state index contributed by atoms with van der Waals surface area (Å²) >= 11 is 0. The minimum atomic E-state index is -0.541. The molecule has 0 saturated heterocycles. The zero-order valence-corrected chi connectivity index (χ0v) is 22.7. The topological polar surface area (TPSA) is 110 Å². The van der Waals surface area contributed by atoms with Crippen LogP contribution in [0.15, 0.2) is 84.9 Å². The summed E-state index contributed by atoms with van der Waals surface area (Å²) in [5.74, 6) is -2.51. The quantitative estimate of drug-likeness (QED) is 0.225. The predicted molar refractivity (Wildman–Crippen MR) is 153 cm³/mol. The molecule has 208 valence electrons. The molecule has 0 saturated carbocycles. The molecule has 9 heteroatoms. The summed E-state index contributed by atoms with van der Waals surface area (Å²) in [6.45, 7) is 0.644. The number of hydrogen-bond donors (Lipinski definition) is 0. The lowest BCUT2D eigenvalue weighted by molar-refractivity contribution is 0.0910. The van der Waals surface area contributed by atoms with Crippen molar-refractivity contribution < 1.29 is 33.4 Å². The maximum absolute atomic E-state index is 13.5.